The molecule has 0 N–H and O–H groups in total. The van der Waals surface area contributed by atoms with E-state index in [1.54, 1.807) is 12.1 Å². The van der Waals surface area contributed by atoms with Crippen LogP contribution in [0.4, 0.5) is 105 Å². The van der Waals surface area contributed by atoms with Gasteiger partial charge in [0.2, 0.25) is 29.3 Å². The van der Waals surface area contributed by atoms with E-state index in [0.717, 1.165) is 10.9 Å². The minimum atomic E-state index is -6.13. The average molecular weight is 1180 g/mol. The summed E-state index contributed by atoms with van der Waals surface area (Å²) in [6, 6.07) is 12.0. The summed E-state index contributed by atoms with van der Waals surface area (Å²) in [5, 5.41) is 1.01. The lowest BCUT2D eigenvalue weighted by molar-refractivity contribution is -0.659. The SMILES string of the molecule is CC(C)C(=O)c1ccc2ccccc2[n+]1CC(=O)c1ccccc1.FC(F)(F)c1cc([B-](c2cc(C(F)(F)F)cc(C(F)(F)F)c2)(c2cc(C(F)(F)F)cc(C(F)(F)F)c2)c2cc(C(F)(F)F)cc(C(F)(F)F)c2)cc(C(F)(F)F)c1. The summed E-state index contributed by atoms with van der Waals surface area (Å²) >= 11 is 0. The molecule has 7 aromatic rings. The Kier molecular flexibility index (Phi) is 16.8. The molecule has 0 aliphatic rings. The number of aromatic nitrogens is 1. The van der Waals surface area contributed by atoms with Crippen molar-refractivity contribution in [2.24, 2.45) is 5.92 Å². The fraction of sp³-hybridized carbons (Fsp3) is 0.226. The normalized spacial score (nSPS) is 13.3. The summed E-state index contributed by atoms with van der Waals surface area (Å²) in [6.07, 6.45) is -54.8. The lowest BCUT2D eigenvalue weighted by atomic mass is 9.12. The fourth-order valence-corrected chi connectivity index (χ4v) is 8.87. The zero-order valence-corrected chi connectivity index (χ0v) is 40.5. The smallest absolute Gasteiger partial charge is 0.287 e. The maximum absolute atomic E-state index is 14.2. The number of benzene rings is 6. The Morgan fingerprint density at radius 2 is 0.642 bits per heavy atom. The van der Waals surface area contributed by atoms with Crippen LogP contribution < -0.4 is 26.4 Å². The molecule has 0 unspecified atom stereocenters. The predicted molar refractivity (Wildman–Crippen MR) is 244 cm³/mol. The van der Waals surface area contributed by atoms with E-state index in [1.165, 1.54) is 0 Å². The van der Waals surface area contributed by atoms with Crippen molar-refractivity contribution in [1.29, 1.82) is 0 Å². The third-order valence-corrected chi connectivity index (χ3v) is 12.6. The van der Waals surface area contributed by atoms with Crippen molar-refractivity contribution < 1.29 is 120 Å². The quantitative estimate of drug-likeness (QED) is 0.0625. The number of carbonyl (C=O) groups is 2. The van der Waals surface area contributed by atoms with Gasteiger partial charge in [0.15, 0.2) is 0 Å². The van der Waals surface area contributed by atoms with Crippen LogP contribution >= 0.6 is 0 Å². The van der Waals surface area contributed by atoms with Crippen molar-refractivity contribution in [2.75, 3.05) is 0 Å². The molecule has 432 valence electrons. The number of rotatable bonds is 9. The van der Waals surface area contributed by atoms with E-state index < -0.39 is 195 Å². The number of carbonyl (C=O) groups excluding carboxylic acids is 2. The van der Waals surface area contributed by atoms with Crippen LogP contribution in [-0.4, -0.2) is 17.7 Å². The van der Waals surface area contributed by atoms with Crippen molar-refractivity contribution in [3.8, 4) is 0 Å². The Labute approximate surface area is 440 Å². The van der Waals surface area contributed by atoms with E-state index in [2.05, 4.69) is 0 Å². The summed E-state index contributed by atoms with van der Waals surface area (Å²) in [5.74, 6) is -0.0828. The van der Waals surface area contributed by atoms with Crippen LogP contribution in [0.1, 0.15) is 79.2 Å². The van der Waals surface area contributed by atoms with E-state index in [0.29, 0.717) is 11.3 Å². The fourth-order valence-electron chi connectivity index (χ4n) is 8.87. The van der Waals surface area contributed by atoms with Crippen LogP contribution in [0.3, 0.4) is 0 Å². The molecule has 0 saturated carbocycles. The third kappa shape index (κ3) is 14.0. The Bertz CT molecular complexity index is 3040. The molecule has 0 fully saturated rings. The van der Waals surface area contributed by atoms with Gasteiger partial charge >= 0.3 is 49.4 Å². The maximum Gasteiger partial charge on any atom is 0.416 e. The van der Waals surface area contributed by atoms with Gasteiger partial charge in [-0.3, -0.25) is 9.59 Å². The summed E-state index contributed by atoms with van der Waals surface area (Å²) in [4.78, 5) is 25.3. The van der Waals surface area contributed by atoms with Crippen LogP contribution in [0.25, 0.3) is 10.9 Å². The molecule has 7 rings (SSSR count). The van der Waals surface area contributed by atoms with E-state index in [9.17, 15) is 115 Å². The summed E-state index contributed by atoms with van der Waals surface area (Å²) in [6.45, 7) is 3.90. The summed E-state index contributed by atoms with van der Waals surface area (Å²) < 4.78 is 343. The second-order valence-electron chi connectivity index (χ2n) is 18.4. The van der Waals surface area contributed by atoms with Crippen molar-refractivity contribution in [2.45, 2.75) is 69.8 Å². The molecular weight excluding hydrogens is 1150 g/mol. The molecule has 0 saturated heterocycles. The number of nitrogens with zero attached hydrogens (tertiary/aromatic N) is 1. The molecule has 81 heavy (non-hydrogen) atoms. The number of hydrogen-bond acceptors (Lipinski definition) is 2. The molecule has 0 radical (unpaired) electrons. The molecule has 0 aliphatic carbocycles. The van der Waals surface area contributed by atoms with Crippen LogP contribution in [0.15, 0.2) is 140 Å². The number of halogens is 24. The number of fused-ring (bicyclic) bond motifs is 1. The molecule has 3 nitrogen and oxygen atoms in total. The summed E-state index contributed by atoms with van der Waals surface area (Å²) in [7, 11) is 0. The lowest BCUT2D eigenvalue weighted by Crippen LogP contribution is -2.75. The first-order chi connectivity index (χ1) is 36.8. The minimum absolute atomic E-state index is 0.00485. The van der Waals surface area contributed by atoms with E-state index in [1.807, 2.05) is 73.0 Å². The maximum atomic E-state index is 14.2. The van der Waals surface area contributed by atoms with Crippen molar-refractivity contribution in [3.05, 3.63) is 195 Å². The molecule has 0 aliphatic heterocycles. The standard InChI is InChI=1S/C32H12BF24.C21H20NO2/c34-25(35,36)13-1-14(26(37,38)39)6-21(5-13)33(22-7-15(27(40,41)42)2-16(8-22)28(43,44)45,23-9-17(29(46,47)48)3-18(10-23)30(49,50)51)24-11-19(31(52,53)54)4-20(12-24)32(55,56)57;1-15(2)21(24)19-13-12-16-8-6-7-11-18(16)22(19)14-20(23)17-9-4-3-5-10-17/h1-12H;3-13,15H,14H2,1-2H3/q-1;+1. The molecule has 0 spiro atoms. The van der Waals surface area contributed by atoms with Crippen molar-refractivity contribution in [1.82, 2.24) is 0 Å². The highest BCUT2D eigenvalue weighted by atomic mass is 19.4. The van der Waals surface area contributed by atoms with Gasteiger partial charge in [-0.25, -0.2) is 0 Å². The monoisotopic (exact) mass is 1180 g/mol. The highest BCUT2D eigenvalue weighted by Gasteiger charge is 2.47. The molecule has 0 amide bonds. The topological polar surface area (TPSA) is 38.0 Å². The van der Waals surface area contributed by atoms with Gasteiger partial charge in [0.1, 0.15) is 6.15 Å². The first kappa shape index (κ1) is 62.6. The number of Topliss-reactive ketones (excluding diaryl/α,β-unsaturated/α-hetero) is 2. The van der Waals surface area contributed by atoms with Gasteiger partial charge in [0.05, 0.1) is 44.5 Å². The van der Waals surface area contributed by atoms with Crippen LogP contribution in [0.5, 0.6) is 0 Å². The zero-order valence-electron chi connectivity index (χ0n) is 40.5. The predicted octanol–water partition coefficient (Wildman–Crippen LogP) is 15.1. The highest BCUT2D eigenvalue weighted by Crippen LogP contribution is 2.41. The van der Waals surface area contributed by atoms with Crippen LogP contribution in [0.2, 0.25) is 0 Å². The van der Waals surface area contributed by atoms with Gasteiger partial charge in [-0.05, 0) is 36.4 Å². The van der Waals surface area contributed by atoms with Gasteiger partial charge in [-0.1, -0.05) is 105 Å². The highest BCUT2D eigenvalue weighted by molar-refractivity contribution is 7.20. The van der Waals surface area contributed by atoms with E-state index >= 15 is 0 Å². The number of alkyl halides is 24. The minimum Gasteiger partial charge on any atom is -0.287 e. The Morgan fingerprint density at radius 3 is 0.914 bits per heavy atom. The second kappa shape index (κ2) is 21.7. The van der Waals surface area contributed by atoms with Gasteiger partial charge < -0.3 is 0 Å². The molecule has 28 heteroatoms. The molecular formula is C53H32BF24NO2. The Morgan fingerprint density at radius 1 is 0.370 bits per heavy atom. The first-order valence-electron chi connectivity index (χ1n) is 22.7. The van der Waals surface area contributed by atoms with Gasteiger partial charge in [0, 0.05) is 29.0 Å². The molecule has 6 aromatic carbocycles. The van der Waals surface area contributed by atoms with E-state index in [-0.39, 0.29) is 24.0 Å². The van der Waals surface area contributed by atoms with Gasteiger partial charge in [-0.15, -0.1) is 0 Å². The zero-order chi connectivity index (χ0) is 61.0. The van der Waals surface area contributed by atoms with Crippen LogP contribution in [0, 0.1) is 5.92 Å². The molecule has 0 atom stereocenters. The molecule has 0 bridgehead atoms. The average Bonchev–Trinajstić information content (AvgIpc) is 3.55. The molecule has 1 heterocycles. The van der Waals surface area contributed by atoms with E-state index in [4.69, 9.17) is 0 Å². The van der Waals surface area contributed by atoms with Gasteiger partial charge in [0.25, 0.3) is 0 Å². The first-order valence-corrected chi connectivity index (χ1v) is 22.7. The lowest BCUT2D eigenvalue weighted by Gasteiger charge is -2.46. The Balaban J connectivity index is 0.000000363. The number of para-hydroxylation sites is 1. The number of pyridine rings is 1. The largest absolute Gasteiger partial charge is 0.416 e. The number of hydrogen-bond donors (Lipinski definition) is 0. The Hall–Kier alpha value is -7.55. The second-order valence-corrected chi connectivity index (χ2v) is 18.4. The van der Waals surface area contributed by atoms with Crippen molar-refractivity contribution in [3.63, 3.8) is 0 Å². The summed E-state index contributed by atoms with van der Waals surface area (Å²) in [5.41, 5.74) is -28.1. The number of ketones is 2. The molecule has 1 aromatic heterocycles. The van der Waals surface area contributed by atoms with Crippen LogP contribution in [-0.2, 0) is 56.0 Å². The van der Waals surface area contributed by atoms with Gasteiger partial charge in [-0.2, -0.15) is 132 Å². The third-order valence-electron chi connectivity index (χ3n) is 12.6. The van der Waals surface area contributed by atoms with Crippen molar-refractivity contribution >= 4 is 50.5 Å².